The van der Waals surface area contributed by atoms with E-state index < -0.39 is 0 Å². The Hall–Kier alpha value is -1.42. The van der Waals surface area contributed by atoms with Crippen LogP contribution in [0.3, 0.4) is 0 Å². The summed E-state index contributed by atoms with van der Waals surface area (Å²) in [7, 11) is 0. The number of aliphatic hydroxyl groups is 1. The molecule has 0 radical (unpaired) electrons. The molecule has 2 N–H and O–H groups in total. The Morgan fingerprint density at radius 2 is 1.77 bits per heavy atom. The average Bonchev–Trinajstić information content (AvgIpc) is 2.17. The summed E-state index contributed by atoms with van der Waals surface area (Å²) in [6.07, 6.45) is 0. The van der Waals surface area contributed by atoms with Crippen LogP contribution in [0, 0.1) is 0 Å². The fraction of sp³-hybridized carbons (Fsp3) is 0.333. The van der Waals surface area contributed by atoms with Crippen molar-refractivity contribution < 1.29 is 19.7 Å². The molecule has 1 aromatic rings. The van der Waals surface area contributed by atoms with E-state index in [4.69, 9.17) is 14.6 Å². The molecule has 1 aromatic carbocycles. The summed E-state index contributed by atoms with van der Waals surface area (Å²) in [5, 5.41) is 18.2. The summed E-state index contributed by atoms with van der Waals surface area (Å²) in [4.78, 5) is 0. The van der Waals surface area contributed by atoms with Crippen molar-refractivity contribution in [3.8, 4) is 17.2 Å². The fourth-order valence-electron chi connectivity index (χ4n) is 1.25. The minimum atomic E-state index is -0.206. The number of hydrogen-bond donors (Lipinski definition) is 2. The highest BCUT2D eigenvalue weighted by Crippen LogP contribution is 2.35. The average molecular weight is 182 g/mol. The largest absolute Gasteiger partial charge is 0.507 e. The number of ether oxygens (including phenoxy) is 2. The molecule has 1 aliphatic heterocycles. The molecule has 2 rings (SSSR count). The molecule has 0 amide bonds. The quantitative estimate of drug-likeness (QED) is 0.669. The van der Waals surface area contributed by atoms with Crippen molar-refractivity contribution in [1.82, 2.24) is 0 Å². The number of aromatic hydroxyl groups is 1. The molecule has 1 heterocycles. The molecule has 0 saturated carbocycles. The Bertz CT molecular complexity index is 322. The van der Waals surface area contributed by atoms with E-state index in [1.165, 1.54) is 6.07 Å². The molecular formula is C9H10O4. The van der Waals surface area contributed by atoms with E-state index >= 15 is 0 Å². The third-order valence-electron chi connectivity index (χ3n) is 1.91. The molecule has 0 bridgehead atoms. The molecule has 0 aromatic heterocycles. The summed E-state index contributed by atoms with van der Waals surface area (Å²) < 4.78 is 10.5. The van der Waals surface area contributed by atoms with Crippen molar-refractivity contribution in [2.45, 2.75) is 6.61 Å². The molecule has 0 unspecified atom stereocenters. The summed E-state index contributed by atoms with van der Waals surface area (Å²) in [5.74, 6) is 1.14. The number of rotatable bonds is 1. The van der Waals surface area contributed by atoms with E-state index in [2.05, 4.69) is 0 Å². The van der Waals surface area contributed by atoms with Gasteiger partial charge in [-0.2, -0.15) is 0 Å². The Labute approximate surface area is 75.3 Å². The molecule has 70 valence electrons. The van der Waals surface area contributed by atoms with E-state index in [9.17, 15) is 5.11 Å². The van der Waals surface area contributed by atoms with Crippen LogP contribution in [0.15, 0.2) is 12.1 Å². The van der Waals surface area contributed by atoms with Crippen LogP contribution < -0.4 is 9.47 Å². The second kappa shape index (κ2) is 3.14. The maximum atomic E-state index is 9.37. The van der Waals surface area contributed by atoms with Crippen molar-refractivity contribution in [2.75, 3.05) is 13.2 Å². The van der Waals surface area contributed by atoms with E-state index in [1.807, 2.05) is 0 Å². The minimum Gasteiger partial charge on any atom is -0.507 e. The summed E-state index contributed by atoms with van der Waals surface area (Å²) in [6, 6.07) is 3.05. The van der Waals surface area contributed by atoms with Gasteiger partial charge in [-0.15, -0.1) is 0 Å². The first kappa shape index (κ1) is 8.19. The Balaban J connectivity index is 2.44. The van der Waals surface area contributed by atoms with Crippen molar-refractivity contribution in [3.05, 3.63) is 17.7 Å². The van der Waals surface area contributed by atoms with Crippen LogP contribution in [0.2, 0.25) is 0 Å². The molecule has 0 atom stereocenters. The van der Waals surface area contributed by atoms with Crippen LogP contribution in [-0.2, 0) is 6.61 Å². The zero-order chi connectivity index (χ0) is 9.26. The van der Waals surface area contributed by atoms with Gasteiger partial charge in [0.15, 0.2) is 11.5 Å². The number of fused-ring (bicyclic) bond motifs is 1. The van der Waals surface area contributed by atoms with Gasteiger partial charge in [-0.05, 0) is 6.07 Å². The number of aliphatic hydroxyl groups excluding tert-OH is 1. The lowest BCUT2D eigenvalue weighted by atomic mass is 10.2. The molecule has 0 aliphatic carbocycles. The fourth-order valence-corrected chi connectivity index (χ4v) is 1.25. The summed E-state index contributed by atoms with van der Waals surface area (Å²) >= 11 is 0. The smallest absolute Gasteiger partial charge is 0.165 e. The second-order valence-corrected chi connectivity index (χ2v) is 2.78. The SMILES string of the molecule is OCc1cc2c(cc1O)OCCO2. The van der Waals surface area contributed by atoms with Gasteiger partial charge in [0.25, 0.3) is 0 Å². The van der Waals surface area contributed by atoms with Gasteiger partial charge in [0.05, 0.1) is 6.61 Å². The maximum absolute atomic E-state index is 9.37. The molecule has 4 heteroatoms. The molecule has 13 heavy (non-hydrogen) atoms. The third kappa shape index (κ3) is 1.40. The van der Waals surface area contributed by atoms with E-state index in [0.717, 1.165) is 0 Å². The standard InChI is InChI=1S/C9H10O4/c10-5-6-3-8-9(4-7(6)11)13-2-1-12-8/h3-4,10-11H,1-2,5H2. The van der Waals surface area contributed by atoms with Gasteiger partial charge in [-0.3, -0.25) is 0 Å². The Kier molecular flexibility index (Phi) is 1.98. The van der Waals surface area contributed by atoms with Crippen LogP contribution in [0.5, 0.6) is 17.2 Å². The molecule has 0 fully saturated rings. The number of hydrogen-bond acceptors (Lipinski definition) is 4. The molecule has 0 spiro atoms. The van der Waals surface area contributed by atoms with Crippen molar-refractivity contribution >= 4 is 0 Å². The third-order valence-corrected chi connectivity index (χ3v) is 1.91. The highest BCUT2D eigenvalue weighted by Gasteiger charge is 2.14. The van der Waals surface area contributed by atoms with Gasteiger partial charge in [0.1, 0.15) is 19.0 Å². The summed E-state index contributed by atoms with van der Waals surface area (Å²) in [5.41, 5.74) is 0.448. The highest BCUT2D eigenvalue weighted by molar-refractivity contribution is 5.50. The molecule has 1 aliphatic rings. The van der Waals surface area contributed by atoms with Crippen LogP contribution in [0.1, 0.15) is 5.56 Å². The first-order valence-electron chi connectivity index (χ1n) is 4.03. The topological polar surface area (TPSA) is 58.9 Å². The van der Waals surface area contributed by atoms with E-state index in [0.29, 0.717) is 30.3 Å². The molecule has 0 saturated heterocycles. The van der Waals surface area contributed by atoms with E-state index in [-0.39, 0.29) is 12.4 Å². The van der Waals surface area contributed by atoms with Gasteiger partial charge in [-0.1, -0.05) is 0 Å². The Morgan fingerprint density at radius 3 is 2.38 bits per heavy atom. The number of benzene rings is 1. The maximum Gasteiger partial charge on any atom is 0.165 e. The lowest BCUT2D eigenvalue weighted by molar-refractivity contribution is 0.170. The molecular weight excluding hydrogens is 172 g/mol. The highest BCUT2D eigenvalue weighted by atomic mass is 16.6. The predicted molar refractivity (Wildman–Crippen MR) is 45.0 cm³/mol. The van der Waals surface area contributed by atoms with Crippen LogP contribution in [0.25, 0.3) is 0 Å². The number of phenols is 1. The lowest BCUT2D eigenvalue weighted by Gasteiger charge is -2.19. The zero-order valence-corrected chi connectivity index (χ0v) is 6.99. The van der Waals surface area contributed by atoms with Gasteiger partial charge in [-0.25, -0.2) is 0 Å². The van der Waals surface area contributed by atoms with Crippen molar-refractivity contribution in [3.63, 3.8) is 0 Å². The first-order chi connectivity index (χ1) is 6.31. The monoisotopic (exact) mass is 182 g/mol. The summed E-state index contributed by atoms with van der Waals surface area (Å²) in [6.45, 7) is 0.788. The zero-order valence-electron chi connectivity index (χ0n) is 6.99. The van der Waals surface area contributed by atoms with E-state index in [1.54, 1.807) is 6.07 Å². The van der Waals surface area contributed by atoms with Crippen LogP contribution >= 0.6 is 0 Å². The van der Waals surface area contributed by atoms with Crippen molar-refractivity contribution in [1.29, 1.82) is 0 Å². The van der Waals surface area contributed by atoms with Crippen LogP contribution in [-0.4, -0.2) is 23.4 Å². The minimum absolute atomic E-state index is 0.0340. The normalized spacial score (nSPS) is 14.2. The van der Waals surface area contributed by atoms with Gasteiger partial charge < -0.3 is 19.7 Å². The predicted octanol–water partition coefficient (Wildman–Crippen LogP) is 0.656. The van der Waals surface area contributed by atoms with Gasteiger partial charge in [0.2, 0.25) is 0 Å². The van der Waals surface area contributed by atoms with Gasteiger partial charge in [0, 0.05) is 11.6 Å². The van der Waals surface area contributed by atoms with Crippen molar-refractivity contribution in [2.24, 2.45) is 0 Å². The Morgan fingerprint density at radius 1 is 1.15 bits per heavy atom. The van der Waals surface area contributed by atoms with Crippen LogP contribution in [0.4, 0.5) is 0 Å². The molecule has 4 nitrogen and oxygen atoms in total. The van der Waals surface area contributed by atoms with Gasteiger partial charge >= 0.3 is 0 Å². The first-order valence-corrected chi connectivity index (χ1v) is 4.03. The second-order valence-electron chi connectivity index (χ2n) is 2.78. The lowest BCUT2D eigenvalue weighted by Crippen LogP contribution is -2.15.